The van der Waals surface area contributed by atoms with Gasteiger partial charge in [0, 0.05) is 6.20 Å². The van der Waals surface area contributed by atoms with Crippen LogP contribution in [0.25, 0.3) is 5.52 Å². The van der Waals surface area contributed by atoms with Gasteiger partial charge in [0.05, 0.1) is 17.0 Å². The standard InChI is InChI=1S/C10H8BrClN2O/c1-6(15)4-9-13-10(11)8-3-2-7(12)5-14(8)9/h2-3,5H,4H2,1H3. The van der Waals surface area contributed by atoms with Crippen LogP contribution in [0.1, 0.15) is 12.7 Å². The van der Waals surface area contributed by atoms with E-state index in [-0.39, 0.29) is 5.78 Å². The minimum atomic E-state index is 0.0781. The molecule has 0 saturated heterocycles. The first-order valence-corrected chi connectivity index (χ1v) is 5.56. The Morgan fingerprint density at radius 1 is 1.60 bits per heavy atom. The molecule has 0 amide bonds. The number of halogens is 2. The molecule has 0 aliphatic carbocycles. The molecule has 0 aromatic carbocycles. The van der Waals surface area contributed by atoms with Crippen LogP contribution in [0.5, 0.6) is 0 Å². The van der Waals surface area contributed by atoms with Crippen LogP contribution in [-0.2, 0) is 11.2 Å². The lowest BCUT2D eigenvalue weighted by Crippen LogP contribution is -2.01. The lowest BCUT2D eigenvalue weighted by molar-refractivity contribution is -0.116. The Bertz CT molecular complexity index is 535. The minimum Gasteiger partial charge on any atom is -0.301 e. The number of nitrogens with zero attached hydrogens (tertiary/aromatic N) is 2. The van der Waals surface area contributed by atoms with E-state index < -0.39 is 0 Å². The third kappa shape index (κ3) is 2.06. The zero-order valence-electron chi connectivity index (χ0n) is 8.00. The van der Waals surface area contributed by atoms with Crippen molar-refractivity contribution in [3.8, 4) is 0 Å². The smallest absolute Gasteiger partial charge is 0.137 e. The maximum Gasteiger partial charge on any atom is 0.137 e. The highest BCUT2D eigenvalue weighted by Crippen LogP contribution is 2.21. The molecular formula is C10H8BrClN2O. The molecule has 2 aromatic rings. The van der Waals surface area contributed by atoms with Gasteiger partial charge in [0.2, 0.25) is 0 Å². The van der Waals surface area contributed by atoms with Gasteiger partial charge in [-0.3, -0.25) is 4.79 Å². The molecule has 0 aliphatic heterocycles. The molecule has 2 heterocycles. The summed E-state index contributed by atoms with van der Waals surface area (Å²) in [6, 6.07) is 3.66. The van der Waals surface area contributed by atoms with E-state index in [2.05, 4.69) is 20.9 Å². The Morgan fingerprint density at radius 3 is 3.00 bits per heavy atom. The SMILES string of the molecule is CC(=O)Cc1nc(Br)c2ccc(Cl)cn12. The van der Waals surface area contributed by atoms with Crippen molar-refractivity contribution >= 4 is 38.8 Å². The van der Waals surface area contributed by atoms with Crippen LogP contribution >= 0.6 is 27.5 Å². The lowest BCUT2D eigenvalue weighted by atomic mass is 10.3. The van der Waals surface area contributed by atoms with E-state index >= 15 is 0 Å². The number of carbonyl (C=O) groups excluding carboxylic acids is 1. The number of rotatable bonds is 2. The van der Waals surface area contributed by atoms with E-state index in [1.165, 1.54) is 0 Å². The van der Waals surface area contributed by atoms with Crippen LogP contribution in [0.2, 0.25) is 5.02 Å². The molecule has 0 radical (unpaired) electrons. The Morgan fingerprint density at radius 2 is 2.33 bits per heavy atom. The van der Waals surface area contributed by atoms with Crippen molar-refractivity contribution < 1.29 is 4.79 Å². The predicted molar refractivity (Wildman–Crippen MR) is 62.3 cm³/mol. The van der Waals surface area contributed by atoms with Gasteiger partial charge < -0.3 is 4.40 Å². The molecule has 0 saturated carbocycles. The molecule has 0 fully saturated rings. The van der Waals surface area contributed by atoms with Crippen molar-refractivity contribution in [3.05, 3.63) is 33.8 Å². The number of carbonyl (C=O) groups is 1. The van der Waals surface area contributed by atoms with Crippen LogP contribution in [0.15, 0.2) is 22.9 Å². The largest absolute Gasteiger partial charge is 0.301 e. The zero-order valence-corrected chi connectivity index (χ0v) is 10.3. The number of Topliss-reactive ketones (excluding diaryl/α,β-unsaturated/α-hetero) is 1. The summed E-state index contributed by atoms with van der Waals surface area (Å²) in [7, 11) is 0. The number of hydrogen-bond donors (Lipinski definition) is 0. The van der Waals surface area contributed by atoms with E-state index in [0.29, 0.717) is 17.3 Å². The highest BCUT2D eigenvalue weighted by atomic mass is 79.9. The summed E-state index contributed by atoms with van der Waals surface area (Å²) >= 11 is 9.23. The van der Waals surface area contributed by atoms with E-state index in [4.69, 9.17) is 11.6 Å². The number of pyridine rings is 1. The van der Waals surface area contributed by atoms with Gasteiger partial charge in [0.25, 0.3) is 0 Å². The van der Waals surface area contributed by atoms with Gasteiger partial charge in [-0.2, -0.15) is 0 Å². The average molecular weight is 288 g/mol. The highest BCUT2D eigenvalue weighted by molar-refractivity contribution is 9.10. The second-order valence-corrected chi connectivity index (χ2v) is 4.49. The van der Waals surface area contributed by atoms with Gasteiger partial charge in [-0.05, 0) is 35.0 Å². The number of imidazole rings is 1. The monoisotopic (exact) mass is 286 g/mol. The summed E-state index contributed by atoms with van der Waals surface area (Å²) in [4.78, 5) is 15.3. The predicted octanol–water partition coefficient (Wildman–Crippen LogP) is 2.88. The molecule has 15 heavy (non-hydrogen) atoms. The second kappa shape index (κ2) is 3.94. The van der Waals surface area contributed by atoms with Gasteiger partial charge in [-0.15, -0.1) is 0 Å². The molecule has 5 heteroatoms. The molecular weight excluding hydrogens is 279 g/mol. The molecule has 0 atom stereocenters. The van der Waals surface area contributed by atoms with Crippen LogP contribution in [0.4, 0.5) is 0 Å². The lowest BCUT2D eigenvalue weighted by Gasteiger charge is -1.99. The van der Waals surface area contributed by atoms with Crippen molar-refractivity contribution in [2.24, 2.45) is 0 Å². The molecule has 0 bridgehead atoms. The molecule has 0 spiro atoms. The number of hydrogen-bond acceptors (Lipinski definition) is 2. The first-order chi connectivity index (χ1) is 7.08. The van der Waals surface area contributed by atoms with Crippen LogP contribution in [0.3, 0.4) is 0 Å². The van der Waals surface area contributed by atoms with Crippen molar-refractivity contribution in [1.82, 2.24) is 9.38 Å². The summed E-state index contributed by atoms with van der Waals surface area (Å²) in [5.41, 5.74) is 0.913. The first-order valence-electron chi connectivity index (χ1n) is 4.39. The average Bonchev–Trinajstić information content (AvgIpc) is 2.42. The maximum absolute atomic E-state index is 11.0. The first kappa shape index (κ1) is 10.6. The Hall–Kier alpha value is -0.870. The second-order valence-electron chi connectivity index (χ2n) is 3.30. The Kier molecular flexibility index (Phi) is 2.80. The van der Waals surface area contributed by atoms with Gasteiger partial charge in [-0.25, -0.2) is 4.98 Å². The Balaban J connectivity index is 2.64. The van der Waals surface area contributed by atoms with E-state index in [1.807, 2.05) is 10.5 Å². The molecule has 78 valence electrons. The van der Waals surface area contributed by atoms with E-state index in [0.717, 1.165) is 10.1 Å². The third-order valence-electron chi connectivity index (χ3n) is 2.04. The molecule has 2 aromatic heterocycles. The minimum absolute atomic E-state index is 0.0781. The number of ketones is 1. The van der Waals surface area contributed by atoms with Gasteiger partial charge >= 0.3 is 0 Å². The topological polar surface area (TPSA) is 34.4 Å². The summed E-state index contributed by atoms with van der Waals surface area (Å²) in [6.07, 6.45) is 2.07. The van der Waals surface area contributed by atoms with Crippen molar-refractivity contribution in [2.45, 2.75) is 13.3 Å². The summed E-state index contributed by atoms with van der Waals surface area (Å²) in [5, 5.41) is 0.622. The maximum atomic E-state index is 11.0. The molecule has 0 aliphatic rings. The molecule has 3 nitrogen and oxygen atoms in total. The van der Waals surface area contributed by atoms with E-state index in [1.54, 1.807) is 19.2 Å². The van der Waals surface area contributed by atoms with Gasteiger partial charge in [0.15, 0.2) is 0 Å². The van der Waals surface area contributed by atoms with Crippen LogP contribution < -0.4 is 0 Å². The molecule has 0 unspecified atom stereocenters. The summed E-state index contributed by atoms with van der Waals surface area (Å²) in [5.74, 6) is 0.779. The quantitative estimate of drug-likeness (QED) is 0.851. The van der Waals surface area contributed by atoms with Crippen molar-refractivity contribution in [1.29, 1.82) is 0 Å². The Labute approximate surface area is 100 Å². The fraction of sp³-hybridized carbons (Fsp3) is 0.200. The van der Waals surface area contributed by atoms with Crippen molar-refractivity contribution in [3.63, 3.8) is 0 Å². The summed E-state index contributed by atoms with van der Waals surface area (Å²) in [6.45, 7) is 1.54. The number of fused-ring (bicyclic) bond motifs is 1. The third-order valence-corrected chi connectivity index (χ3v) is 2.84. The number of aromatic nitrogens is 2. The normalized spacial score (nSPS) is 10.9. The summed E-state index contributed by atoms with van der Waals surface area (Å²) < 4.78 is 2.56. The molecule has 0 N–H and O–H groups in total. The fourth-order valence-corrected chi connectivity index (χ4v) is 2.12. The van der Waals surface area contributed by atoms with Crippen LogP contribution in [-0.4, -0.2) is 15.2 Å². The highest BCUT2D eigenvalue weighted by Gasteiger charge is 2.10. The van der Waals surface area contributed by atoms with Crippen LogP contribution in [0, 0.1) is 0 Å². The zero-order chi connectivity index (χ0) is 11.0. The van der Waals surface area contributed by atoms with Gasteiger partial charge in [0.1, 0.15) is 16.2 Å². The fourth-order valence-electron chi connectivity index (χ4n) is 1.43. The van der Waals surface area contributed by atoms with Gasteiger partial charge in [-0.1, -0.05) is 11.6 Å². The van der Waals surface area contributed by atoms with E-state index in [9.17, 15) is 4.79 Å². The van der Waals surface area contributed by atoms with Crippen molar-refractivity contribution in [2.75, 3.05) is 0 Å². The molecule has 2 rings (SSSR count).